The molecule has 17 heavy (non-hydrogen) atoms. The Kier molecular flexibility index (Phi) is 3.53. The fourth-order valence-corrected chi connectivity index (χ4v) is 3.51. The summed E-state index contributed by atoms with van der Waals surface area (Å²) >= 11 is 2.14. The van der Waals surface area contributed by atoms with Crippen LogP contribution in [0.2, 0.25) is 0 Å². The van der Waals surface area contributed by atoms with Gasteiger partial charge in [-0.3, -0.25) is 0 Å². The van der Waals surface area contributed by atoms with Crippen molar-refractivity contribution in [2.24, 2.45) is 0 Å². The summed E-state index contributed by atoms with van der Waals surface area (Å²) in [4.78, 5) is 0.679. The van der Waals surface area contributed by atoms with Gasteiger partial charge in [0.05, 0.1) is 9.79 Å². The zero-order chi connectivity index (χ0) is 12.5. The number of halogens is 1. The first-order chi connectivity index (χ1) is 8.01. The van der Waals surface area contributed by atoms with Crippen LogP contribution in [0.25, 0.3) is 0 Å². The largest absolute Gasteiger partial charge is 0.219 e. The molecule has 88 valence electrons. The van der Waals surface area contributed by atoms with Gasteiger partial charge in [-0.15, -0.1) is 0 Å². The molecule has 2 aromatic carbocycles. The predicted molar refractivity (Wildman–Crippen MR) is 75.8 cm³/mol. The maximum absolute atomic E-state index is 12.3. The average Bonchev–Trinajstić information content (AvgIpc) is 2.33. The van der Waals surface area contributed by atoms with Gasteiger partial charge in [0.25, 0.3) is 0 Å². The molecular formula is C13H11IO2S. The Morgan fingerprint density at radius 2 is 1.59 bits per heavy atom. The van der Waals surface area contributed by atoms with E-state index in [0.717, 1.165) is 9.13 Å². The highest BCUT2D eigenvalue weighted by molar-refractivity contribution is 14.1. The number of aryl methyl sites for hydroxylation is 1. The van der Waals surface area contributed by atoms with E-state index in [4.69, 9.17) is 0 Å². The second kappa shape index (κ2) is 4.78. The number of rotatable bonds is 2. The van der Waals surface area contributed by atoms with Gasteiger partial charge in [-0.2, -0.15) is 0 Å². The van der Waals surface area contributed by atoms with E-state index in [-0.39, 0.29) is 0 Å². The molecule has 0 aliphatic carbocycles. The minimum absolute atomic E-state index is 0.333. The third kappa shape index (κ3) is 2.52. The minimum atomic E-state index is -3.38. The van der Waals surface area contributed by atoms with Crippen LogP contribution in [-0.2, 0) is 9.84 Å². The lowest BCUT2D eigenvalue weighted by Gasteiger charge is -2.06. The summed E-state index contributed by atoms with van der Waals surface area (Å²) in [6.07, 6.45) is 0. The number of sulfone groups is 1. The Morgan fingerprint density at radius 3 is 2.18 bits per heavy atom. The number of hydrogen-bond donors (Lipinski definition) is 0. The van der Waals surface area contributed by atoms with Crippen molar-refractivity contribution in [3.63, 3.8) is 0 Å². The van der Waals surface area contributed by atoms with Crippen molar-refractivity contribution in [1.82, 2.24) is 0 Å². The Morgan fingerprint density at radius 1 is 0.941 bits per heavy atom. The van der Waals surface area contributed by atoms with Crippen LogP contribution in [0.15, 0.2) is 58.3 Å². The number of benzene rings is 2. The third-order valence-corrected chi connectivity index (χ3v) is 5.44. The molecule has 0 fully saturated rings. The quantitative estimate of drug-likeness (QED) is 0.771. The van der Waals surface area contributed by atoms with Gasteiger partial charge in [-0.1, -0.05) is 24.3 Å². The summed E-state index contributed by atoms with van der Waals surface area (Å²) in [5.74, 6) is 0. The molecule has 2 nitrogen and oxygen atoms in total. The number of hydrogen-bond acceptors (Lipinski definition) is 2. The summed E-state index contributed by atoms with van der Waals surface area (Å²) in [6, 6.07) is 13.7. The minimum Gasteiger partial charge on any atom is -0.219 e. The van der Waals surface area contributed by atoms with Crippen LogP contribution in [0.3, 0.4) is 0 Å². The lowest BCUT2D eigenvalue weighted by atomic mass is 10.2. The van der Waals surface area contributed by atoms with E-state index < -0.39 is 9.84 Å². The van der Waals surface area contributed by atoms with E-state index in [9.17, 15) is 8.42 Å². The highest BCUT2D eigenvalue weighted by Gasteiger charge is 2.17. The molecule has 0 unspecified atom stereocenters. The summed E-state index contributed by atoms with van der Waals surface area (Å²) < 4.78 is 25.5. The molecule has 4 heteroatoms. The lowest BCUT2D eigenvalue weighted by molar-refractivity contribution is 0.596. The molecule has 0 spiro atoms. The van der Waals surface area contributed by atoms with Crippen LogP contribution >= 0.6 is 22.6 Å². The smallest absolute Gasteiger partial charge is 0.206 e. The molecule has 0 N–H and O–H groups in total. The summed E-state index contributed by atoms with van der Waals surface area (Å²) in [6.45, 7) is 1.96. The van der Waals surface area contributed by atoms with Gasteiger partial charge in [0.2, 0.25) is 9.84 Å². The fourth-order valence-electron chi connectivity index (χ4n) is 1.48. The normalized spacial score (nSPS) is 11.4. The van der Waals surface area contributed by atoms with Crippen LogP contribution in [0, 0.1) is 10.5 Å². The van der Waals surface area contributed by atoms with Crippen molar-refractivity contribution in [3.8, 4) is 0 Å². The van der Waals surface area contributed by atoms with E-state index in [0.29, 0.717) is 9.79 Å². The Bertz CT molecular complexity index is 634. The van der Waals surface area contributed by atoms with Crippen molar-refractivity contribution in [2.75, 3.05) is 0 Å². The highest BCUT2D eigenvalue weighted by Crippen LogP contribution is 2.23. The van der Waals surface area contributed by atoms with Gasteiger partial charge in [0, 0.05) is 3.57 Å². The van der Waals surface area contributed by atoms with Crippen molar-refractivity contribution in [3.05, 3.63) is 57.7 Å². The molecule has 0 aliphatic rings. The van der Waals surface area contributed by atoms with E-state index >= 15 is 0 Å². The summed E-state index contributed by atoms with van der Waals surface area (Å²) in [5, 5.41) is 0. The molecule has 0 heterocycles. The molecule has 2 aromatic rings. The maximum atomic E-state index is 12.3. The van der Waals surface area contributed by atoms with Crippen LogP contribution in [0.5, 0.6) is 0 Å². The molecule has 0 atom stereocenters. The topological polar surface area (TPSA) is 34.1 Å². The molecule has 0 saturated carbocycles. The van der Waals surface area contributed by atoms with E-state index in [1.807, 2.05) is 13.0 Å². The molecule has 0 aliphatic heterocycles. The van der Waals surface area contributed by atoms with Crippen molar-refractivity contribution in [1.29, 1.82) is 0 Å². The van der Waals surface area contributed by atoms with E-state index in [2.05, 4.69) is 22.6 Å². The molecule has 0 aromatic heterocycles. The first-order valence-corrected chi connectivity index (χ1v) is 7.64. The summed E-state index contributed by atoms with van der Waals surface area (Å²) in [5.41, 5.74) is 1.08. The summed E-state index contributed by atoms with van der Waals surface area (Å²) in [7, 11) is -3.38. The standard InChI is InChI=1S/C13H11IO2S/c1-10-7-8-12(9-13(10)14)17(15,16)11-5-3-2-4-6-11/h2-9H,1H3. The van der Waals surface area contributed by atoms with Crippen LogP contribution in [0.4, 0.5) is 0 Å². The second-order valence-electron chi connectivity index (χ2n) is 3.73. The van der Waals surface area contributed by atoms with Gasteiger partial charge in [-0.25, -0.2) is 8.42 Å². The molecule has 0 saturated heterocycles. The van der Waals surface area contributed by atoms with Gasteiger partial charge in [-0.05, 0) is 59.3 Å². The first kappa shape index (κ1) is 12.6. The highest BCUT2D eigenvalue weighted by atomic mass is 127. The Hall–Kier alpha value is -0.880. The molecular weight excluding hydrogens is 347 g/mol. The first-order valence-electron chi connectivity index (χ1n) is 5.08. The van der Waals surface area contributed by atoms with Crippen molar-refractivity contribution in [2.45, 2.75) is 16.7 Å². The monoisotopic (exact) mass is 358 g/mol. The van der Waals surface area contributed by atoms with Crippen LogP contribution < -0.4 is 0 Å². The molecule has 0 amide bonds. The Labute approximate surface area is 115 Å². The van der Waals surface area contributed by atoms with Gasteiger partial charge < -0.3 is 0 Å². The predicted octanol–water partition coefficient (Wildman–Crippen LogP) is 3.43. The fraction of sp³-hybridized carbons (Fsp3) is 0.0769. The van der Waals surface area contributed by atoms with Gasteiger partial charge in [0.15, 0.2) is 0 Å². The van der Waals surface area contributed by atoms with E-state index in [1.54, 1.807) is 42.5 Å². The van der Waals surface area contributed by atoms with Crippen molar-refractivity contribution >= 4 is 32.4 Å². The van der Waals surface area contributed by atoms with Crippen LogP contribution in [0.1, 0.15) is 5.56 Å². The Balaban J connectivity index is 2.57. The zero-order valence-corrected chi connectivity index (χ0v) is 12.2. The van der Waals surface area contributed by atoms with Gasteiger partial charge >= 0.3 is 0 Å². The average molecular weight is 358 g/mol. The maximum Gasteiger partial charge on any atom is 0.206 e. The molecule has 0 bridgehead atoms. The molecule has 2 rings (SSSR count). The SMILES string of the molecule is Cc1ccc(S(=O)(=O)c2ccccc2)cc1I. The van der Waals surface area contributed by atoms with Crippen molar-refractivity contribution < 1.29 is 8.42 Å². The van der Waals surface area contributed by atoms with Crippen LogP contribution in [-0.4, -0.2) is 8.42 Å². The lowest BCUT2D eigenvalue weighted by Crippen LogP contribution is -2.02. The molecule has 0 radical (unpaired) electrons. The van der Waals surface area contributed by atoms with E-state index in [1.165, 1.54) is 0 Å². The second-order valence-corrected chi connectivity index (χ2v) is 6.84. The van der Waals surface area contributed by atoms with Gasteiger partial charge in [0.1, 0.15) is 0 Å². The third-order valence-electron chi connectivity index (χ3n) is 2.51. The zero-order valence-electron chi connectivity index (χ0n) is 9.22.